The van der Waals surface area contributed by atoms with Crippen molar-refractivity contribution >= 4 is 11.8 Å². The van der Waals surface area contributed by atoms with E-state index >= 15 is 0 Å². The van der Waals surface area contributed by atoms with Gasteiger partial charge < -0.3 is 4.74 Å². The summed E-state index contributed by atoms with van der Waals surface area (Å²) in [7, 11) is 0. The van der Waals surface area contributed by atoms with Gasteiger partial charge in [-0.15, -0.1) is 0 Å². The van der Waals surface area contributed by atoms with Crippen molar-refractivity contribution in [2.45, 2.75) is 33.8 Å². The molecular formula is C15H17FO3. The first-order valence-electron chi connectivity index (χ1n) is 6.19. The Morgan fingerprint density at radius 2 is 1.58 bits per heavy atom. The van der Waals surface area contributed by atoms with Crippen molar-refractivity contribution in [2.75, 3.05) is 0 Å². The van der Waals surface area contributed by atoms with Crippen molar-refractivity contribution in [2.24, 2.45) is 10.8 Å². The van der Waals surface area contributed by atoms with Crippen molar-refractivity contribution in [3.8, 4) is 0 Å². The summed E-state index contributed by atoms with van der Waals surface area (Å²) in [4.78, 5) is 24.4. The Bertz CT molecular complexity index is 529. The Hall–Kier alpha value is -1.71. The molecule has 0 unspecified atom stereocenters. The van der Waals surface area contributed by atoms with Crippen LogP contribution < -0.4 is 0 Å². The third kappa shape index (κ3) is 2.05. The Kier molecular flexibility index (Phi) is 3.00. The van der Waals surface area contributed by atoms with Crippen molar-refractivity contribution in [1.82, 2.24) is 0 Å². The number of esters is 1. The Morgan fingerprint density at radius 1 is 1.05 bits per heavy atom. The molecule has 1 aromatic rings. The van der Waals surface area contributed by atoms with Crippen molar-refractivity contribution in [3.05, 3.63) is 35.6 Å². The van der Waals surface area contributed by atoms with Crippen molar-refractivity contribution in [3.63, 3.8) is 0 Å². The molecule has 1 aliphatic heterocycles. The zero-order chi connectivity index (χ0) is 14.4. The highest BCUT2D eigenvalue weighted by atomic mass is 19.1. The molecular weight excluding hydrogens is 247 g/mol. The maximum absolute atomic E-state index is 12.9. The fourth-order valence-corrected chi connectivity index (χ4v) is 2.54. The van der Waals surface area contributed by atoms with Crippen LogP contribution in [0, 0.1) is 16.6 Å². The second-order valence-corrected chi connectivity index (χ2v) is 6.01. The maximum Gasteiger partial charge on any atom is 0.319 e. The Morgan fingerprint density at radius 3 is 2.11 bits per heavy atom. The van der Waals surface area contributed by atoms with E-state index in [2.05, 4.69) is 0 Å². The van der Waals surface area contributed by atoms with E-state index in [-0.39, 0.29) is 11.6 Å². The zero-order valence-corrected chi connectivity index (χ0v) is 11.5. The summed E-state index contributed by atoms with van der Waals surface area (Å²) in [5, 5.41) is 0. The molecule has 0 N–H and O–H groups in total. The van der Waals surface area contributed by atoms with Gasteiger partial charge in [0.05, 0.1) is 5.41 Å². The smallest absolute Gasteiger partial charge is 0.319 e. The second-order valence-electron chi connectivity index (χ2n) is 6.01. The molecule has 1 aromatic carbocycles. The maximum atomic E-state index is 12.9. The monoisotopic (exact) mass is 264 g/mol. The molecule has 1 aliphatic rings. The molecule has 1 heterocycles. The van der Waals surface area contributed by atoms with Crippen LogP contribution in [0.5, 0.6) is 0 Å². The number of hydrogen-bond donors (Lipinski definition) is 0. The molecule has 2 rings (SSSR count). The largest absolute Gasteiger partial charge is 0.456 e. The lowest BCUT2D eigenvalue weighted by atomic mass is 9.67. The van der Waals surface area contributed by atoms with Crippen molar-refractivity contribution in [1.29, 1.82) is 0 Å². The SMILES string of the molecule is CC1(C)C(=O)O[C@H](c2ccc(F)cc2)C(C)(C)C1=O. The predicted octanol–water partition coefficient (Wildman–Crippen LogP) is 3.05. The minimum atomic E-state index is -1.14. The molecule has 0 saturated carbocycles. The van der Waals surface area contributed by atoms with E-state index in [0.29, 0.717) is 5.56 Å². The van der Waals surface area contributed by atoms with Crippen LogP contribution in [0.15, 0.2) is 24.3 Å². The van der Waals surface area contributed by atoms with Gasteiger partial charge in [0.25, 0.3) is 0 Å². The average molecular weight is 264 g/mol. The highest BCUT2D eigenvalue weighted by molar-refractivity contribution is 6.07. The van der Waals surface area contributed by atoms with Gasteiger partial charge in [0, 0.05) is 0 Å². The van der Waals surface area contributed by atoms with Crippen LogP contribution in [-0.2, 0) is 14.3 Å². The molecule has 1 saturated heterocycles. The van der Waals surface area contributed by atoms with Gasteiger partial charge in [0.15, 0.2) is 5.78 Å². The molecule has 3 nitrogen and oxygen atoms in total. The number of ether oxygens (including phenoxy) is 1. The normalized spacial score (nSPS) is 25.0. The quantitative estimate of drug-likeness (QED) is 0.578. The summed E-state index contributed by atoms with van der Waals surface area (Å²) >= 11 is 0. The summed E-state index contributed by atoms with van der Waals surface area (Å²) in [6.45, 7) is 6.63. The molecule has 19 heavy (non-hydrogen) atoms. The van der Waals surface area contributed by atoms with E-state index in [0.717, 1.165) is 0 Å². The standard InChI is InChI=1S/C15H17FO3/c1-14(2)11(9-5-7-10(16)8-6-9)19-13(18)15(3,4)12(14)17/h5-8,11H,1-4H3/t11-/m1/s1. The van der Waals surface area contributed by atoms with Gasteiger partial charge in [-0.25, -0.2) is 4.39 Å². The van der Waals surface area contributed by atoms with E-state index in [1.165, 1.54) is 12.1 Å². The van der Waals surface area contributed by atoms with Crippen LogP contribution in [-0.4, -0.2) is 11.8 Å². The number of carbonyl (C=O) groups excluding carboxylic acids is 2. The topological polar surface area (TPSA) is 43.4 Å². The second kappa shape index (κ2) is 4.15. The minimum Gasteiger partial charge on any atom is -0.456 e. The number of cyclic esters (lactones) is 1. The number of halogens is 1. The van der Waals surface area contributed by atoms with Gasteiger partial charge >= 0.3 is 5.97 Å². The summed E-state index contributed by atoms with van der Waals surface area (Å²) in [6, 6.07) is 5.67. The van der Waals surface area contributed by atoms with E-state index in [4.69, 9.17) is 4.74 Å². The lowest BCUT2D eigenvalue weighted by Gasteiger charge is -2.43. The first-order valence-corrected chi connectivity index (χ1v) is 6.19. The lowest BCUT2D eigenvalue weighted by molar-refractivity contribution is -0.186. The van der Waals surface area contributed by atoms with Gasteiger partial charge in [0.2, 0.25) is 0 Å². The molecule has 0 aliphatic carbocycles. The number of ketones is 1. The fraction of sp³-hybridized carbons (Fsp3) is 0.467. The molecule has 0 spiro atoms. The van der Waals surface area contributed by atoms with Gasteiger partial charge in [-0.1, -0.05) is 12.1 Å². The highest BCUT2D eigenvalue weighted by Crippen LogP contribution is 2.47. The highest BCUT2D eigenvalue weighted by Gasteiger charge is 2.55. The van der Waals surface area contributed by atoms with Gasteiger partial charge in [-0.2, -0.15) is 0 Å². The zero-order valence-electron chi connectivity index (χ0n) is 11.5. The molecule has 1 atom stereocenters. The lowest BCUT2D eigenvalue weighted by Crippen LogP contribution is -2.52. The fourth-order valence-electron chi connectivity index (χ4n) is 2.54. The van der Waals surface area contributed by atoms with Gasteiger partial charge in [0.1, 0.15) is 17.3 Å². The molecule has 102 valence electrons. The first kappa shape index (κ1) is 13.7. The van der Waals surface area contributed by atoms with Crippen LogP contribution in [0.25, 0.3) is 0 Å². The van der Waals surface area contributed by atoms with E-state index < -0.39 is 22.9 Å². The predicted molar refractivity (Wildman–Crippen MR) is 67.8 cm³/mol. The minimum absolute atomic E-state index is 0.162. The molecule has 0 bridgehead atoms. The number of Topliss-reactive ketones (excluding diaryl/α,β-unsaturated/α-hetero) is 1. The number of rotatable bonds is 1. The van der Waals surface area contributed by atoms with E-state index in [1.807, 2.05) is 0 Å². The molecule has 0 amide bonds. The number of hydrogen-bond acceptors (Lipinski definition) is 3. The van der Waals surface area contributed by atoms with E-state index in [1.54, 1.807) is 39.8 Å². The molecule has 4 heteroatoms. The van der Waals surface area contributed by atoms with Gasteiger partial charge in [-0.3, -0.25) is 9.59 Å². The van der Waals surface area contributed by atoms with Crippen LogP contribution in [0.2, 0.25) is 0 Å². The van der Waals surface area contributed by atoms with Crippen LogP contribution in [0.1, 0.15) is 39.4 Å². The summed E-state index contributed by atoms with van der Waals surface area (Å²) < 4.78 is 18.4. The summed E-state index contributed by atoms with van der Waals surface area (Å²) in [5.74, 6) is -1.06. The van der Waals surface area contributed by atoms with Gasteiger partial charge in [-0.05, 0) is 45.4 Å². The summed E-state index contributed by atoms with van der Waals surface area (Å²) in [6.07, 6.45) is -0.680. The average Bonchev–Trinajstić information content (AvgIpc) is 2.34. The van der Waals surface area contributed by atoms with Crippen LogP contribution in [0.3, 0.4) is 0 Å². The molecule has 0 aromatic heterocycles. The number of benzene rings is 1. The molecule has 0 radical (unpaired) electrons. The van der Waals surface area contributed by atoms with Crippen LogP contribution >= 0.6 is 0 Å². The Balaban J connectivity index is 2.45. The summed E-state index contributed by atoms with van der Waals surface area (Å²) in [5.41, 5.74) is -1.35. The number of carbonyl (C=O) groups is 2. The Labute approximate surface area is 111 Å². The van der Waals surface area contributed by atoms with E-state index in [9.17, 15) is 14.0 Å². The third-order valence-electron chi connectivity index (χ3n) is 3.72. The molecule has 1 fully saturated rings. The first-order chi connectivity index (χ1) is 8.67. The third-order valence-corrected chi connectivity index (χ3v) is 3.72. The van der Waals surface area contributed by atoms with Crippen LogP contribution in [0.4, 0.5) is 4.39 Å². The van der Waals surface area contributed by atoms with Crippen molar-refractivity contribution < 1.29 is 18.7 Å².